The molecule has 0 aliphatic carbocycles. The quantitative estimate of drug-likeness (QED) is 0.904. The van der Waals surface area contributed by atoms with Gasteiger partial charge in [-0.1, -0.05) is 38.1 Å². The standard InChI is InChI=1S/C21H26N4O2/c1-15(2)16-7-4-5-8-17(16)23-20(26)18-9-6-10-19(22-18)21(27)25-13-11-24(3)12-14-25/h4-10,15H,11-14H2,1-3H3,(H,23,26). The van der Waals surface area contributed by atoms with Crippen LogP contribution in [-0.4, -0.2) is 59.8 Å². The smallest absolute Gasteiger partial charge is 0.274 e. The molecule has 27 heavy (non-hydrogen) atoms. The van der Waals surface area contributed by atoms with Crippen molar-refractivity contribution in [3.8, 4) is 0 Å². The zero-order chi connectivity index (χ0) is 19.4. The predicted octanol–water partition coefficient (Wildman–Crippen LogP) is 2.84. The van der Waals surface area contributed by atoms with Crippen molar-refractivity contribution in [2.45, 2.75) is 19.8 Å². The normalized spacial score (nSPS) is 15.0. The first-order chi connectivity index (χ1) is 13.0. The highest BCUT2D eigenvalue weighted by molar-refractivity contribution is 6.04. The van der Waals surface area contributed by atoms with Crippen molar-refractivity contribution in [2.24, 2.45) is 0 Å². The third-order valence-corrected chi connectivity index (χ3v) is 4.82. The lowest BCUT2D eigenvalue weighted by Crippen LogP contribution is -2.47. The van der Waals surface area contributed by atoms with Gasteiger partial charge in [0.2, 0.25) is 0 Å². The maximum atomic E-state index is 12.7. The van der Waals surface area contributed by atoms with Gasteiger partial charge < -0.3 is 15.1 Å². The van der Waals surface area contributed by atoms with Gasteiger partial charge in [-0.05, 0) is 36.7 Å². The van der Waals surface area contributed by atoms with Gasteiger partial charge in [0.25, 0.3) is 11.8 Å². The Kier molecular flexibility index (Phi) is 5.86. The van der Waals surface area contributed by atoms with Crippen LogP contribution in [0.2, 0.25) is 0 Å². The predicted molar refractivity (Wildman–Crippen MR) is 106 cm³/mol. The number of pyridine rings is 1. The van der Waals surface area contributed by atoms with Crippen LogP contribution < -0.4 is 5.32 Å². The summed E-state index contributed by atoms with van der Waals surface area (Å²) in [4.78, 5) is 33.7. The molecule has 1 aliphatic heterocycles. The summed E-state index contributed by atoms with van der Waals surface area (Å²) < 4.78 is 0. The van der Waals surface area contributed by atoms with Gasteiger partial charge >= 0.3 is 0 Å². The third kappa shape index (κ3) is 4.52. The van der Waals surface area contributed by atoms with Gasteiger partial charge in [-0.3, -0.25) is 9.59 Å². The van der Waals surface area contributed by atoms with Crippen molar-refractivity contribution in [3.63, 3.8) is 0 Å². The van der Waals surface area contributed by atoms with Crippen LogP contribution in [0.15, 0.2) is 42.5 Å². The largest absolute Gasteiger partial charge is 0.335 e. The second-order valence-electron chi connectivity index (χ2n) is 7.20. The van der Waals surface area contributed by atoms with Crippen LogP contribution in [-0.2, 0) is 0 Å². The highest BCUT2D eigenvalue weighted by atomic mass is 16.2. The average molecular weight is 366 g/mol. The summed E-state index contributed by atoms with van der Waals surface area (Å²) in [5, 5.41) is 2.93. The van der Waals surface area contributed by atoms with Gasteiger partial charge in [0.15, 0.2) is 0 Å². The summed E-state index contributed by atoms with van der Waals surface area (Å²) >= 11 is 0. The summed E-state index contributed by atoms with van der Waals surface area (Å²) in [5.74, 6) is -0.143. The number of para-hydroxylation sites is 1. The summed E-state index contributed by atoms with van der Waals surface area (Å²) in [7, 11) is 2.04. The molecule has 2 amide bonds. The Morgan fingerprint density at radius 1 is 0.963 bits per heavy atom. The Balaban J connectivity index is 1.75. The van der Waals surface area contributed by atoms with Crippen LogP contribution in [0.25, 0.3) is 0 Å². The molecule has 0 radical (unpaired) electrons. The number of likely N-dealkylation sites (N-methyl/N-ethyl adjacent to an activating group) is 1. The second kappa shape index (κ2) is 8.31. The lowest BCUT2D eigenvalue weighted by Gasteiger charge is -2.32. The van der Waals surface area contributed by atoms with E-state index in [2.05, 4.69) is 29.0 Å². The van der Waals surface area contributed by atoms with Crippen LogP contribution in [0, 0.1) is 0 Å². The molecule has 3 rings (SSSR count). The highest BCUT2D eigenvalue weighted by Gasteiger charge is 2.22. The van der Waals surface area contributed by atoms with Gasteiger partial charge in [0, 0.05) is 31.9 Å². The molecule has 0 unspecified atom stereocenters. The monoisotopic (exact) mass is 366 g/mol. The van der Waals surface area contributed by atoms with E-state index in [0.29, 0.717) is 24.7 Å². The topological polar surface area (TPSA) is 65.5 Å². The summed E-state index contributed by atoms with van der Waals surface area (Å²) in [6.45, 7) is 7.21. The lowest BCUT2D eigenvalue weighted by atomic mass is 10.0. The third-order valence-electron chi connectivity index (χ3n) is 4.82. The number of nitrogens with zero attached hydrogens (tertiary/aromatic N) is 3. The zero-order valence-electron chi connectivity index (χ0n) is 16.1. The van der Waals surface area contributed by atoms with E-state index in [1.54, 1.807) is 23.1 Å². The fourth-order valence-electron chi connectivity index (χ4n) is 3.15. The number of aromatic nitrogens is 1. The van der Waals surface area contributed by atoms with Gasteiger partial charge in [-0.15, -0.1) is 0 Å². The number of carbonyl (C=O) groups excluding carboxylic acids is 2. The van der Waals surface area contributed by atoms with Crippen molar-refractivity contribution < 1.29 is 9.59 Å². The van der Waals surface area contributed by atoms with Crippen molar-refractivity contribution in [1.82, 2.24) is 14.8 Å². The first-order valence-corrected chi connectivity index (χ1v) is 9.31. The van der Waals surface area contributed by atoms with E-state index in [-0.39, 0.29) is 17.5 Å². The number of amides is 2. The van der Waals surface area contributed by atoms with E-state index in [1.165, 1.54) is 0 Å². The number of nitrogens with one attached hydrogen (secondary N) is 1. The molecule has 1 aromatic heterocycles. The fourth-order valence-corrected chi connectivity index (χ4v) is 3.15. The van der Waals surface area contributed by atoms with Crippen LogP contribution >= 0.6 is 0 Å². The first kappa shape index (κ1) is 19.0. The molecule has 0 atom stereocenters. The molecule has 0 bridgehead atoms. The van der Waals surface area contributed by atoms with Crippen molar-refractivity contribution in [2.75, 3.05) is 38.5 Å². The molecule has 1 saturated heterocycles. The van der Waals surface area contributed by atoms with E-state index in [0.717, 1.165) is 24.3 Å². The van der Waals surface area contributed by atoms with Crippen molar-refractivity contribution in [1.29, 1.82) is 0 Å². The van der Waals surface area contributed by atoms with E-state index in [1.807, 2.05) is 31.3 Å². The molecule has 1 aromatic carbocycles. The van der Waals surface area contributed by atoms with E-state index >= 15 is 0 Å². The number of piperazine rings is 1. The lowest BCUT2D eigenvalue weighted by molar-refractivity contribution is 0.0658. The Hall–Kier alpha value is -2.73. The SMILES string of the molecule is CC(C)c1ccccc1NC(=O)c1cccc(C(=O)N2CCN(C)CC2)n1. The average Bonchev–Trinajstić information content (AvgIpc) is 2.68. The van der Waals surface area contributed by atoms with E-state index in [4.69, 9.17) is 0 Å². The van der Waals surface area contributed by atoms with Crippen LogP contribution in [0.5, 0.6) is 0 Å². The maximum Gasteiger partial charge on any atom is 0.274 e. The van der Waals surface area contributed by atoms with Crippen LogP contribution in [0.1, 0.15) is 46.3 Å². The van der Waals surface area contributed by atoms with Gasteiger partial charge in [-0.25, -0.2) is 4.98 Å². The number of hydrogen-bond acceptors (Lipinski definition) is 4. The molecule has 1 aliphatic rings. The second-order valence-corrected chi connectivity index (χ2v) is 7.20. The van der Waals surface area contributed by atoms with Crippen molar-refractivity contribution in [3.05, 3.63) is 59.4 Å². The van der Waals surface area contributed by atoms with E-state index < -0.39 is 0 Å². The molecule has 142 valence electrons. The maximum absolute atomic E-state index is 12.7. The molecule has 1 N–H and O–H groups in total. The Labute approximate surface area is 160 Å². The summed E-state index contributed by atoms with van der Waals surface area (Å²) in [6, 6.07) is 12.7. The molecule has 6 nitrogen and oxygen atoms in total. The summed E-state index contributed by atoms with van der Waals surface area (Å²) in [5.41, 5.74) is 2.39. The molecule has 1 fully saturated rings. The minimum Gasteiger partial charge on any atom is -0.335 e. The number of rotatable bonds is 4. The van der Waals surface area contributed by atoms with E-state index in [9.17, 15) is 9.59 Å². The zero-order valence-corrected chi connectivity index (χ0v) is 16.1. The molecule has 6 heteroatoms. The molecular weight excluding hydrogens is 340 g/mol. The Bertz CT molecular complexity index is 826. The Morgan fingerprint density at radius 2 is 1.63 bits per heavy atom. The molecule has 0 saturated carbocycles. The number of benzene rings is 1. The molecule has 2 heterocycles. The number of carbonyl (C=O) groups is 2. The van der Waals surface area contributed by atoms with Crippen LogP contribution in [0.3, 0.4) is 0 Å². The Morgan fingerprint density at radius 3 is 2.33 bits per heavy atom. The molecule has 0 spiro atoms. The minimum atomic E-state index is -0.309. The van der Waals surface area contributed by atoms with Gasteiger partial charge in [-0.2, -0.15) is 0 Å². The first-order valence-electron chi connectivity index (χ1n) is 9.31. The van der Waals surface area contributed by atoms with Gasteiger partial charge in [0.05, 0.1) is 0 Å². The van der Waals surface area contributed by atoms with Gasteiger partial charge in [0.1, 0.15) is 11.4 Å². The van der Waals surface area contributed by atoms with Crippen molar-refractivity contribution >= 4 is 17.5 Å². The fraction of sp³-hybridized carbons (Fsp3) is 0.381. The number of hydrogen-bond donors (Lipinski definition) is 1. The summed E-state index contributed by atoms with van der Waals surface area (Å²) in [6.07, 6.45) is 0. The molecule has 2 aromatic rings. The van der Waals surface area contributed by atoms with Crippen LogP contribution in [0.4, 0.5) is 5.69 Å². The molecular formula is C21H26N4O2. The number of anilines is 1. The minimum absolute atomic E-state index is 0.125. The highest BCUT2D eigenvalue weighted by Crippen LogP contribution is 2.24.